The molecule has 7 heteroatoms. The summed E-state index contributed by atoms with van der Waals surface area (Å²) in [6.45, 7) is 1.60. The first-order valence-corrected chi connectivity index (χ1v) is 10.5. The molecule has 1 unspecified atom stereocenters. The molecule has 1 aromatic heterocycles. The minimum absolute atomic E-state index is 0.0705. The number of anilines is 1. The first kappa shape index (κ1) is 20.8. The van der Waals surface area contributed by atoms with Crippen LogP contribution < -0.4 is 4.90 Å². The standard InChI is InChI=1S/C23H22BrF2N3O/c1-28(2)16-8-9-29(13-16)22-11-14(17-4-3-5-19(25)23(17)26)10-20(27-22)18-12-15(24)6-7-21(18)30/h3-7,10-12,16,30H,8-9,13H2,1-2H3. The predicted molar refractivity (Wildman–Crippen MR) is 119 cm³/mol. The van der Waals surface area contributed by atoms with Crippen LogP contribution in [0.4, 0.5) is 14.6 Å². The summed E-state index contributed by atoms with van der Waals surface area (Å²) in [7, 11) is 4.09. The van der Waals surface area contributed by atoms with E-state index in [1.54, 1.807) is 36.4 Å². The third kappa shape index (κ3) is 4.04. The molecule has 1 N–H and O–H groups in total. The van der Waals surface area contributed by atoms with Crippen LogP contribution in [-0.2, 0) is 0 Å². The summed E-state index contributed by atoms with van der Waals surface area (Å²) in [5.41, 5.74) is 1.70. The summed E-state index contributed by atoms with van der Waals surface area (Å²) < 4.78 is 29.3. The Balaban J connectivity index is 1.86. The maximum absolute atomic E-state index is 14.6. The summed E-state index contributed by atoms with van der Waals surface area (Å²) in [4.78, 5) is 9.09. The minimum atomic E-state index is -0.897. The maximum atomic E-state index is 14.6. The molecule has 0 radical (unpaired) electrons. The lowest BCUT2D eigenvalue weighted by atomic mass is 10.0. The second-order valence-corrected chi connectivity index (χ2v) is 8.63. The van der Waals surface area contributed by atoms with Gasteiger partial charge in [-0.3, -0.25) is 0 Å². The number of pyridine rings is 1. The zero-order chi connectivity index (χ0) is 21.4. The van der Waals surface area contributed by atoms with Gasteiger partial charge in [0.1, 0.15) is 11.6 Å². The van der Waals surface area contributed by atoms with Gasteiger partial charge in [0, 0.05) is 34.7 Å². The highest BCUT2D eigenvalue weighted by Crippen LogP contribution is 2.36. The SMILES string of the molecule is CN(C)C1CCN(c2cc(-c3cccc(F)c3F)cc(-c3cc(Br)ccc3O)n2)C1. The van der Waals surface area contributed by atoms with Gasteiger partial charge in [-0.25, -0.2) is 13.8 Å². The van der Waals surface area contributed by atoms with Crippen molar-refractivity contribution in [2.45, 2.75) is 12.5 Å². The van der Waals surface area contributed by atoms with Gasteiger partial charge in [0.05, 0.1) is 5.69 Å². The van der Waals surface area contributed by atoms with Crippen LogP contribution in [0.2, 0.25) is 0 Å². The molecule has 0 bridgehead atoms. The van der Waals surface area contributed by atoms with Crippen molar-refractivity contribution < 1.29 is 13.9 Å². The normalized spacial score (nSPS) is 16.5. The number of benzene rings is 2. The van der Waals surface area contributed by atoms with Crippen LogP contribution in [0.15, 0.2) is 53.0 Å². The Bertz CT molecular complexity index is 1070. The van der Waals surface area contributed by atoms with Crippen molar-refractivity contribution in [1.29, 1.82) is 0 Å². The monoisotopic (exact) mass is 473 g/mol. The largest absolute Gasteiger partial charge is 0.507 e. The molecule has 4 nitrogen and oxygen atoms in total. The molecule has 1 atom stereocenters. The number of aromatic hydroxyl groups is 1. The van der Waals surface area contributed by atoms with Crippen molar-refractivity contribution in [2.75, 3.05) is 32.1 Å². The molecule has 2 aromatic carbocycles. The van der Waals surface area contributed by atoms with E-state index in [-0.39, 0.29) is 11.3 Å². The van der Waals surface area contributed by atoms with Crippen LogP contribution in [-0.4, -0.2) is 48.2 Å². The predicted octanol–water partition coefficient (Wildman–Crippen LogP) is 5.30. The van der Waals surface area contributed by atoms with Crippen molar-refractivity contribution in [3.63, 3.8) is 0 Å². The average molecular weight is 474 g/mol. The van der Waals surface area contributed by atoms with Crippen LogP contribution in [0.1, 0.15) is 6.42 Å². The van der Waals surface area contributed by atoms with Gasteiger partial charge in [-0.2, -0.15) is 0 Å². The molecule has 4 rings (SSSR count). The van der Waals surface area contributed by atoms with Gasteiger partial charge >= 0.3 is 0 Å². The fraction of sp³-hybridized carbons (Fsp3) is 0.261. The summed E-state index contributed by atoms with van der Waals surface area (Å²) in [5.74, 6) is -1.05. The van der Waals surface area contributed by atoms with Crippen LogP contribution in [0.5, 0.6) is 5.75 Å². The van der Waals surface area contributed by atoms with E-state index in [0.717, 1.165) is 30.0 Å². The van der Waals surface area contributed by atoms with Gasteiger partial charge in [-0.1, -0.05) is 28.1 Å². The average Bonchev–Trinajstić information content (AvgIpc) is 3.22. The number of aromatic nitrogens is 1. The third-order valence-corrected chi connectivity index (χ3v) is 6.02. The third-order valence-electron chi connectivity index (χ3n) is 5.53. The number of rotatable bonds is 4. The highest BCUT2D eigenvalue weighted by Gasteiger charge is 2.26. The molecule has 30 heavy (non-hydrogen) atoms. The quantitative estimate of drug-likeness (QED) is 0.557. The molecule has 1 fully saturated rings. The Morgan fingerprint density at radius 2 is 1.90 bits per heavy atom. The highest BCUT2D eigenvalue weighted by molar-refractivity contribution is 9.10. The molecule has 0 aliphatic carbocycles. The van der Waals surface area contributed by atoms with E-state index in [1.165, 1.54) is 6.07 Å². The molecule has 3 aromatic rings. The van der Waals surface area contributed by atoms with Gasteiger partial charge < -0.3 is 14.9 Å². The Hall–Kier alpha value is -2.51. The lowest BCUT2D eigenvalue weighted by Gasteiger charge is -2.22. The molecular formula is C23H22BrF2N3O. The van der Waals surface area contributed by atoms with E-state index in [0.29, 0.717) is 28.7 Å². The molecule has 0 saturated carbocycles. The summed E-state index contributed by atoms with van der Waals surface area (Å²) >= 11 is 3.42. The van der Waals surface area contributed by atoms with E-state index in [4.69, 9.17) is 4.98 Å². The van der Waals surface area contributed by atoms with Gasteiger partial charge in [0.15, 0.2) is 11.6 Å². The van der Waals surface area contributed by atoms with Crippen molar-refractivity contribution >= 4 is 21.7 Å². The van der Waals surface area contributed by atoms with Gasteiger partial charge in [0.25, 0.3) is 0 Å². The van der Waals surface area contributed by atoms with Gasteiger partial charge in [-0.15, -0.1) is 0 Å². The molecule has 1 aliphatic rings. The summed E-state index contributed by atoms with van der Waals surface area (Å²) in [6, 6.07) is 13.1. The number of likely N-dealkylation sites (N-methyl/N-ethyl adjacent to an activating group) is 1. The van der Waals surface area contributed by atoms with Crippen LogP contribution in [0, 0.1) is 11.6 Å². The van der Waals surface area contributed by atoms with Crippen LogP contribution in [0.25, 0.3) is 22.4 Å². The van der Waals surface area contributed by atoms with Crippen molar-refractivity contribution in [3.05, 3.63) is 64.6 Å². The fourth-order valence-corrected chi connectivity index (χ4v) is 4.14. The molecule has 2 heterocycles. The number of hydrogen-bond acceptors (Lipinski definition) is 4. The smallest absolute Gasteiger partial charge is 0.166 e. The molecule has 0 amide bonds. The van der Waals surface area contributed by atoms with E-state index < -0.39 is 11.6 Å². The zero-order valence-corrected chi connectivity index (χ0v) is 18.3. The summed E-state index contributed by atoms with van der Waals surface area (Å²) in [6.07, 6.45) is 0.991. The van der Waals surface area contributed by atoms with Crippen LogP contribution >= 0.6 is 15.9 Å². The minimum Gasteiger partial charge on any atom is -0.507 e. The lowest BCUT2D eigenvalue weighted by molar-refractivity contribution is 0.315. The van der Waals surface area contributed by atoms with Gasteiger partial charge in [0.2, 0.25) is 0 Å². The Morgan fingerprint density at radius 1 is 1.10 bits per heavy atom. The summed E-state index contributed by atoms with van der Waals surface area (Å²) in [5, 5.41) is 10.4. The zero-order valence-electron chi connectivity index (χ0n) is 16.7. The Kier molecular flexibility index (Phi) is 5.75. The number of phenols is 1. The number of phenolic OH excluding ortho intramolecular Hbond substituents is 1. The maximum Gasteiger partial charge on any atom is 0.166 e. The molecular weight excluding hydrogens is 452 g/mol. The fourth-order valence-electron chi connectivity index (χ4n) is 3.78. The van der Waals surface area contributed by atoms with Crippen molar-refractivity contribution in [1.82, 2.24) is 9.88 Å². The van der Waals surface area contributed by atoms with Crippen molar-refractivity contribution in [2.24, 2.45) is 0 Å². The lowest BCUT2D eigenvalue weighted by Crippen LogP contribution is -2.31. The Morgan fingerprint density at radius 3 is 2.63 bits per heavy atom. The van der Waals surface area contributed by atoms with Crippen LogP contribution in [0.3, 0.4) is 0 Å². The van der Waals surface area contributed by atoms with E-state index in [2.05, 4.69) is 25.7 Å². The van der Waals surface area contributed by atoms with E-state index in [1.807, 2.05) is 14.1 Å². The molecule has 1 saturated heterocycles. The number of hydrogen-bond donors (Lipinski definition) is 1. The number of halogens is 3. The second kappa shape index (κ2) is 8.32. The van der Waals surface area contributed by atoms with Crippen molar-refractivity contribution in [3.8, 4) is 28.1 Å². The molecule has 0 spiro atoms. The first-order valence-electron chi connectivity index (χ1n) is 9.70. The van der Waals surface area contributed by atoms with E-state index >= 15 is 0 Å². The first-order chi connectivity index (χ1) is 14.3. The topological polar surface area (TPSA) is 39.6 Å². The number of nitrogens with zero attached hydrogens (tertiary/aromatic N) is 3. The molecule has 156 valence electrons. The van der Waals surface area contributed by atoms with Gasteiger partial charge in [-0.05, 0) is 62.5 Å². The Labute approximate surface area is 182 Å². The second-order valence-electron chi connectivity index (χ2n) is 7.71. The van der Waals surface area contributed by atoms with E-state index in [9.17, 15) is 13.9 Å². The molecule has 1 aliphatic heterocycles. The highest BCUT2D eigenvalue weighted by atomic mass is 79.9.